The average molecular weight is 328 g/mol. The lowest BCUT2D eigenvalue weighted by molar-refractivity contribution is -0.139. The van der Waals surface area contributed by atoms with Crippen molar-refractivity contribution in [3.05, 3.63) is 54.1 Å². The molecule has 4 heteroatoms. The molecular formula is C20H24O4. The number of carbonyl (C=O) groups is 1. The molecule has 0 fully saturated rings. The van der Waals surface area contributed by atoms with Gasteiger partial charge in [0, 0.05) is 5.56 Å². The number of ether oxygens (including phenoxy) is 1. The van der Waals surface area contributed by atoms with E-state index in [0.29, 0.717) is 17.9 Å². The first-order valence-electron chi connectivity index (χ1n) is 8.34. The largest absolute Gasteiger partial charge is 0.493 e. The van der Waals surface area contributed by atoms with E-state index in [9.17, 15) is 9.90 Å². The van der Waals surface area contributed by atoms with Gasteiger partial charge in [-0.2, -0.15) is 0 Å². The standard InChI is InChI=1S/C20H24O4/c1-2-3-7-12-24-19-13-16(18(21)14-20(22)23)10-11-17(19)15-8-5-4-6-9-15/h4-6,8-11,13,18,21H,2-3,7,12,14H2,1H3,(H,22,23)/t18-/m1/s1. The maximum absolute atomic E-state index is 10.8. The van der Waals surface area contributed by atoms with Gasteiger partial charge in [0.2, 0.25) is 0 Å². The number of benzene rings is 2. The van der Waals surface area contributed by atoms with Crippen molar-refractivity contribution in [3.63, 3.8) is 0 Å². The Hall–Kier alpha value is -2.33. The van der Waals surface area contributed by atoms with E-state index in [4.69, 9.17) is 9.84 Å². The molecule has 0 bridgehead atoms. The van der Waals surface area contributed by atoms with Gasteiger partial charge in [-0.25, -0.2) is 0 Å². The first-order chi connectivity index (χ1) is 11.6. The Bertz CT molecular complexity index is 652. The summed E-state index contributed by atoms with van der Waals surface area (Å²) < 4.78 is 5.93. The average Bonchev–Trinajstić information content (AvgIpc) is 2.59. The molecule has 0 saturated heterocycles. The SMILES string of the molecule is CCCCCOc1cc([C@H](O)CC(=O)O)ccc1-c1ccccc1. The summed E-state index contributed by atoms with van der Waals surface area (Å²) in [7, 11) is 0. The van der Waals surface area contributed by atoms with Crippen molar-refractivity contribution in [2.75, 3.05) is 6.61 Å². The summed E-state index contributed by atoms with van der Waals surface area (Å²) in [5, 5.41) is 18.9. The molecule has 0 radical (unpaired) electrons. The molecule has 0 aliphatic heterocycles. The lowest BCUT2D eigenvalue weighted by atomic mass is 9.99. The minimum absolute atomic E-state index is 0.319. The van der Waals surface area contributed by atoms with Crippen molar-refractivity contribution in [2.24, 2.45) is 0 Å². The van der Waals surface area contributed by atoms with Crippen LogP contribution >= 0.6 is 0 Å². The second-order valence-corrected chi connectivity index (χ2v) is 5.79. The van der Waals surface area contributed by atoms with Crippen LogP contribution in [-0.2, 0) is 4.79 Å². The van der Waals surface area contributed by atoms with Crippen LogP contribution in [0, 0.1) is 0 Å². The van der Waals surface area contributed by atoms with E-state index in [-0.39, 0.29) is 6.42 Å². The third-order valence-electron chi connectivity index (χ3n) is 3.85. The summed E-state index contributed by atoms with van der Waals surface area (Å²) in [6, 6.07) is 15.3. The van der Waals surface area contributed by atoms with E-state index < -0.39 is 12.1 Å². The highest BCUT2D eigenvalue weighted by atomic mass is 16.5. The van der Waals surface area contributed by atoms with Crippen LogP contribution in [0.15, 0.2) is 48.5 Å². The Morgan fingerprint density at radius 3 is 2.54 bits per heavy atom. The van der Waals surface area contributed by atoms with Crippen LogP contribution in [0.4, 0.5) is 0 Å². The zero-order chi connectivity index (χ0) is 17.4. The van der Waals surface area contributed by atoms with Crippen LogP contribution in [0.3, 0.4) is 0 Å². The van der Waals surface area contributed by atoms with E-state index in [1.54, 1.807) is 12.1 Å². The van der Waals surface area contributed by atoms with Crippen molar-refractivity contribution in [2.45, 2.75) is 38.7 Å². The van der Waals surface area contributed by atoms with Crippen LogP contribution in [0.5, 0.6) is 5.75 Å². The fraction of sp³-hybridized carbons (Fsp3) is 0.350. The van der Waals surface area contributed by atoms with Gasteiger partial charge in [0.25, 0.3) is 0 Å². The van der Waals surface area contributed by atoms with Crippen LogP contribution in [0.1, 0.15) is 44.3 Å². The molecule has 24 heavy (non-hydrogen) atoms. The molecule has 0 aliphatic rings. The number of hydrogen-bond donors (Lipinski definition) is 2. The van der Waals surface area contributed by atoms with Crippen molar-refractivity contribution in [3.8, 4) is 16.9 Å². The minimum Gasteiger partial charge on any atom is -0.493 e. The topological polar surface area (TPSA) is 66.8 Å². The first-order valence-corrected chi connectivity index (χ1v) is 8.34. The molecule has 2 N–H and O–H groups in total. The van der Waals surface area contributed by atoms with E-state index in [2.05, 4.69) is 6.92 Å². The van der Waals surface area contributed by atoms with Crippen molar-refractivity contribution in [1.29, 1.82) is 0 Å². The quantitative estimate of drug-likeness (QED) is 0.668. The molecule has 0 amide bonds. The fourth-order valence-corrected chi connectivity index (χ4v) is 2.54. The monoisotopic (exact) mass is 328 g/mol. The van der Waals surface area contributed by atoms with E-state index in [0.717, 1.165) is 30.4 Å². The van der Waals surface area contributed by atoms with Crippen LogP contribution in [-0.4, -0.2) is 22.8 Å². The zero-order valence-corrected chi connectivity index (χ0v) is 13.9. The van der Waals surface area contributed by atoms with Gasteiger partial charge in [-0.3, -0.25) is 4.79 Å². The molecule has 0 spiro atoms. The van der Waals surface area contributed by atoms with Crippen LogP contribution in [0.25, 0.3) is 11.1 Å². The van der Waals surface area contributed by atoms with Gasteiger partial charge < -0.3 is 14.9 Å². The Morgan fingerprint density at radius 1 is 1.12 bits per heavy atom. The highest BCUT2D eigenvalue weighted by Gasteiger charge is 2.15. The summed E-state index contributed by atoms with van der Waals surface area (Å²) in [5.74, 6) is -0.348. The third kappa shape index (κ3) is 5.10. The van der Waals surface area contributed by atoms with Crippen LogP contribution < -0.4 is 4.74 Å². The second kappa shape index (κ2) is 9.08. The fourth-order valence-electron chi connectivity index (χ4n) is 2.54. The molecule has 0 saturated carbocycles. The van der Waals surface area contributed by atoms with Crippen molar-refractivity contribution >= 4 is 5.97 Å². The number of hydrogen-bond acceptors (Lipinski definition) is 3. The smallest absolute Gasteiger partial charge is 0.306 e. The number of unbranched alkanes of at least 4 members (excludes halogenated alkanes) is 2. The molecular weight excluding hydrogens is 304 g/mol. The Kier molecular flexibility index (Phi) is 6.82. The Labute approximate surface area is 142 Å². The summed E-state index contributed by atoms with van der Waals surface area (Å²) in [5.41, 5.74) is 2.53. The zero-order valence-electron chi connectivity index (χ0n) is 13.9. The lowest BCUT2D eigenvalue weighted by Crippen LogP contribution is -2.06. The van der Waals surface area contributed by atoms with Crippen molar-refractivity contribution in [1.82, 2.24) is 0 Å². The third-order valence-corrected chi connectivity index (χ3v) is 3.85. The van der Waals surface area contributed by atoms with Gasteiger partial charge in [-0.15, -0.1) is 0 Å². The maximum atomic E-state index is 10.8. The summed E-state index contributed by atoms with van der Waals surface area (Å²) in [6.45, 7) is 2.74. The molecule has 4 nitrogen and oxygen atoms in total. The molecule has 2 aromatic carbocycles. The molecule has 2 aromatic rings. The molecule has 0 unspecified atom stereocenters. The number of carboxylic acids is 1. The van der Waals surface area contributed by atoms with Gasteiger partial charge in [0.15, 0.2) is 0 Å². The second-order valence-electron chi connectivity index (χ2n) is 5.79. The Morgan fingerprint density at radius 2 is 1.88 bits per heavy atom. The first kappa shape index (κ1) is 18.0. The predicted octanol–water partition coefficient (Wildman–Crippen LogP) is 4.43. The number of carboxylic acid groups (broad SMARTS) is 1. The summed E-state index contributed by atoms with van der Waals surface area (Å²) in [6.07, 6.45) is 1.83. The van der Waals surface area contributed by atoms with Crippen molar-refractivity contribution < 1.29 is 19.7 Å². The highest BCUT2D eigenvalue weighted by molar-refractivity contribution is 5.71. The lowest BCUT2D eigenvalue weighted by Gasteiger charge is -2.16. The summed E-state index contributed by atoms with van der Waals surface area (Å²) in [4.78, 5) is 10.8. The maximum Gasteiger partial charge on any atom is 0.306 e. The molecule has 1 atom stereocenters. The number of aliphatic hydroxyl groups is 1. The Balaban J connectivity index is 2.27. The van der Waals surface area contributed by atoms with E-state index in [1.807, 2.05) is 36.4 Å². The molecule has 2 rings (SSSR count). The minimum atomic E-state index is -1.04. The number of rotatable bonds is 9. The van der Waals surface area contributed by atoms with Gasteiger partial charge in [-0.05, 0) is 23.6 Å². The molecule has 0 heterocycles. The number of aliphatic hydroxyl groups excluding tert-OH is 1. The summed E-state index contributed by atoms with van der Waals surface area (Å²) >= 11 is 0. The normalized spacial score (nSPS) is 11.9. The molecule has 0 aromatic heterocycles. The predicted molar refractivity (Wildman–Crippen MR) is 94.1 cm³/mol. The van der Waals surface area contributed by atoms with E-state index in [1.165, 1.54) is 0 Å². The molecule has 128 valence electrons. The van der Waals surface area contributed by atoms with Gasteiger partial charge in [0.1, 0.15) is 5.75 Å². The highest BCUT2D eigenvalue weighted by Crippen LogP contribution is 2.33. The van der Waals surface area contributed by atoms with E-state index >= 15 is 0 Å². The van der Waals surface area contributed by atoms with Gasteiger partial charge >= 0.3 is 5.97 Å². The van der Waals surface area contributed by atoms with Gasteiger partial charge in [0.05, 0.1) is 19.1 Å². The number of aliphatic carboxylic acids is 1. The van der Waals surface area contributed by atoms with Gasteiger partial charge in [-0.1, -0.05) is 62.2 Å². The van der Waals surface area contributed by atoms with Crippen LogP contribution in [0.2, 0.25) is 0 Å². The molecule has 0 aliphatic carbocycles.